The summed E-state index contributed by atoms with van der Waals surface area (Å²) in [4.78, 5) is 4.13. The molecule has 0 saturated heterocycles. The second kappa shape index (κ2) is 7.40. The summed E-state index contributed by atoms with van der Waals surface area (Å²) >= 11 is 0. The standard InChI is InChI=1S/C16H9F2N2.Ir/c1-3-10-8-12(16(18)13(9-19)15(10)17)14-7-5-6-11(4-2)20-14;/h1-2,5-7H,3-4H2;/q-1;. The van der Waals surface area contributed by atoms with E-state index in [1.54, 1.807) is 12.1 Å². The first-order valence-corrected chi connectivity index (χ1v) is 5.82. The summed E-state index contributed by atoms with van der Waals surface area (Å²) < 4.78 is 27.9. The number of nitrogens with zero attached hydrogens (tertiary/aromatic N) is 2. The molecular formula is C16H9F2IrN2-. The molecule has 2 nitrogen and oxygen atoms in total. The molecule has 2 aromatic rings. The second-order valence-corrected chi connectivity index (χ2v) is 4.02. The van der Waals surface area contributed by atoms with Crippen LogP contribution in [0.4, 0.5) is 8.78 Å². The molecule has 0 aliphatic carbocycles. The quantitative estimate of drug-likeness (QED) is 0.662. The van der Waals surface area contributed by atoms with Crippen molar-refractivity contribution >= 4 is 0 Å². The molecule has 0 aliphatic heterocycles. The van der Waals surface area contributed by atoms with Crippen molar-refractivity contribution in [3.63, 3.8) is 0 Å². The van der Waals surface area contributed by atoms with Gasteiger partial charge in [0, 0.05) is 31.4 Å². The number of halogens is 2. The van der Waals surface area contributed by atoms with Gasteiger partial charge in [-0.3, -0.25) is 8.78 Å². The Labute approximate surface area is 136 Å². The van der Waals surface area contributed by atoms with Crippen molar-refractivity contribution in [3.05, 3.63) is 66.6 Å². The molecule has 0 spiro atoms. The molecule has 0 unspecified atom stereocenters. The molecule has 2 rings (SSSR count). The fourth-order valence-electron chi connectivity index (χ4n) is 1.78. The summed E-state index contributed by atoms with van der Waals surface area (Å²) in [5, 5.41) is 8.87. The van der Waals surface area contributed by atoms with Crippen molar-refractivity contribution in [3.8, 4) is 17.3 Å². The third-order valence-corrected chi connectivity index (χ3v) is 2.79. The third kappa shape index (κ3) is 3.34. The number of benzene rings is 1. The largest absolute Gasteiger partial charge is 0.301 e. The van der Waals surface area contributed by atoms with E-state index in [1.807, 2.05) is 0 Å². The first-order valence-electron chi connectivity index (χ1n) is 5.82. The van der Waals surface area contributed by atoms with E-state index in [4.69, 9.17) is 19.1 Å². The zero-order chi connectivity index (χ0) is 14.7. The van der Waals surface area contributed by atoms with Crippen LogP contribution in [0.1, 0.15) is 16.8 Å². The van der Waals surface area contributed by atoms with E-state index in [1.165, 1.54) is 12.1 Å². The molecule has 0 saturated carbocycles. The Morgan fingerprint density at radius 3 is 2.48 bits per heavy atom. The van der Waals surface area contributed by atoms with Gasteiger partial charge in [0.05, 0.1) is 17.7 Å². The number of pyridine rings is 1. The molecule has 0 fully saturated rings. The van der Waals surface area contributed by atoms with Crippen LogP contribution in [-0.4, -0.2) is 4.98 Å². The van der Waals surface area contributed by atoms with E-state index < -0.39 is 17.2 Å². The molecule has 5 heteroatoms. The van der Waals surface area contributed by atoms with Crippen LogP contribution in [0.25, 0.3) is 11.3 Å². The summed E-state index contributed by atoms with van der Waals surface area (Å²) in [5.74, 6) is -1.98. The van der Waals surface area contributed by atoms with Crippen molar-refractivity contribution in [2.24, 2.45) is 0 Å². The minimum Gasteiger partial charge on any atom is -0.301 e. The molecule has 1 aromatic carbocycles. The maximum absolute atomic E-state index is 14.2. The van der Waals surface area contributed by atoms with Crippen LogP contribution in [0, 0.1) is 42.9 Å². The predicted octanol–water partition coefficient (Wildman–Crippen LogP) is 3.20. The van der Waals surface area contributed by atoms with Gasteiger partial charge in [-0.1, -0.05) is 23.3 Å². The van der Waals surface area contributed by atoms with Crippen LogP contribution in [0.3, 0.4) is 0 Å². The van der Waals surface area contributed by atoms with E-state index in [0.717, 1.165) is 0 Å². The first-order chi connectivity index (χ1) is 9.62. The van der Waals surface area contributed by atoms with E-state index in [-0.39, 0.29) is 49.8 Å². The summed E-state index contributed by atoms with van der Waals surface area (Å²) in [6.45, 7) is 10.9. The van der Waals surface area contributed by atoms with Crippen molar-refractivity contribution in [2.45, 2.75) is 12.8 Å². The normalized spacial score (nSPS) is 9.86. The average Bonchev–Trinajstić information content (AvgIpc) is 2.48. The molecule has 0 atom stereocenters. The summed E-state index contributed by atoms with van der Waals surface area (Å²) in [6.07, 6.45) is -0.00409. The molecule has 0 amide bonds. The number of aromatic nitrogens is 1. The Balaban J connectivity index is 0.00000220. The number of rotatable bonds is 3. The smallest absolute Gasteiger partial charge is 0.0848 e. The van der Waals surface area contributed by atoms with Crippen molar-refractivity contribution in [1.82, 2.24) is 4.98 Å². The van der Waals surface area contributed by atoms with Crippen molar-refractivity contribution < 1.29 is 28.9 Å². The Morgan fingerprint density at radius 1 is 1.19 bits per heavy atom. The SMILES string of the molecule is [CH]Cc1cccc(-c2[c-]c(C[CH])c(F)c(C#N)c2F)n1.[Ir]. The van der Waals surface area contributed by atoms with E-state index in [2.05, 4.69) is 11.1 Å². The summed E-state index contributed by atoms with van der Waals surface area (Å²) in [6, 6.07) is 8.91. The average molecular weight is 459 g/mol. The monoisotopic (exact) mass is 460 g/mol. The Hall–Kier alpha value is -1.63. The Morgan fingerprint density at radius 2 is 1.90 bits per heavy atom. The zero-order valence-corrected chi connectivity index (χ0v) is 13.2. The Kier molecular flexibility index (Phi) is 6.14. The van der Waals surface area contributed by atoms with Gasteiger partial charge >= 0.3 is 0 Å². The molecule has 21 heavy (non-hydrogen) atoms. The molecule has 5 radical (unpaired) electrons. The summed E-state index contributed by atoms with van der Waals surface area (Å²) in [7, 11) is 0. The fourth-order valence-corrected chi connectivity index (χ4v) is 1.78. The van der Waals surface area contributed by atoms with Crippen LogP contribution < -0.4 is 0 Å². The van der Waals surface area contributed by atoms with Crippen molar-refractivity contribution in [1.29, 1.82) is 5.26 Å². The zero-order valence-electron chi connectivity index (χ0n) is 10.8. The molecule has 0 aliphatic rings. The van der Waals surface area contributed by atoms with Crippen LogP contribution in [0.15, 0.2) is 18.2 Å². The molecule has 1 aromatic heterocycles. The van der Waals surface area contributed by atoms with Crippen LogP contribution in [0.2, 0.25) is 0 Å². The maximum atomic E-state index is 14.2. The van der Waals surface area contributed by atoms with Crippen LogP contribution >= 0.6 is 0 Å². The van der Waals surface area contributed by atoms with E-state index in [0.29, 0.717) is 5.69 Å². The van der Waals surface area contributed by atoms with Crippen molar-refractivity contribution in [2.75, 3.05) is 0 Å². The van der Waals surface area contributed by atoms with Gasteiger partial charge in [-0.2, -0.15) is 5.26 Å². The van der Waals surface area contributed by atoms with Crippen LogP contribution in [-0.2, 0) is 32.9 Å². The van der Waals surface area contributed by atoms with Gasteiger partial charge in [0.1, 0.15) is 0 Å². The number of hydrogen-bond acceptors (Lipinski definition) is 2. The minimum absolute atomic E-state index is 0. The molecule has 107 valence electrons. The van der Waals surface area contributed by atoms with E-state index >= 15 is 0 Å². The third-order valence-electron chi connectivity index (χ3n) is 2.79. The number of nitriles is 1. The minimum atomic E-state index is -0.996. The van der Waals surface area contributed by atoms with Crippen LogP contribution in [0.5, 0.6) is 0 Å². The first kappa shape index (κ1) is 17.4. The Bertz CT molecular complexity index is 693. The van der Waals surface area contributed by atoms with Gasteiger partial charge < -0.3 is 4.98 Å². The predicted molar refractivity (Wildman–Crippen MR) is 69.1 cm³/mol. The van der Waals surface area contributed by atoms with Gasteiger partial charge in [-0.05, 0) is 38.4 Å². The van der Waals surface area contributed by atoms with Gasteiger partial charge in [-0.15, -0.1) is 6.07 Å². The summed E-state index contributed by atoms with van der Waals surface area (Å²) in [5.41, 5.74) is -0.0418. The van der Waals surface area contributed by atoms with Gasteiger partial charge in [0.25, 0.3) is 0 Å². The molecular weight excluding hydrogens is 450 g/mol. The number of hydrogen-bond donors (Lipinski definition) is 0. The van der Waals surface area contributed by atoms with Gasteiger partial charge in [-0.25, -0.2) is 0 Å². The van der Waals surface area contributed by atoms with E-state index in [9.17, 15) is 8.78 Å². The van der Waals surface area contributed by atoms with Gasteiger partial charge in [0.15, 0.2) is 0 Å². The molecule has 0 N–H and O–H groups in total. The second-order valence-electron chi connectivity index (χ2n) is 4.02. The topological polar surface area (TPSA) is 36.7 Å². The molecule has 1 heterocycles. The fraction of sp³-hybridized carbons (Fsp3) is 0.125. The maximum Gasteiger partial charge on any atom is 0.0848 e. The molecule has 0 bridgehead atoms. The van der Waals surface area contributed by atoms with Gasteiger partial charge in [0.2, 0.25) is 0 Å².